The summed E-state index contributed by atoms with van der Waals surface area (Å²) in [4.78, 5) is 0. The summed E-state index contributed by atoms with van der Waals surface area (Å²) in [7, 11) is 0. The first kappa shape index (κ1) is 11.3. The molecule has 1 heteroatoms. The van der Waals surface area contributed by atoms with Gasteiger partial charge in [0.1, 0.15) is 0 Å². The molecule has 0 atom stereocenters. The zero-order valence-corrected chi connectivity index (χ0v) is 10.3. The van der Waals surface area contributed by atoms with Gasteiger partial charge in [-0.05, 0) is 22.8 Å². The first-order valence-corrected chi connectivity index (χ1v) is 6.73. The highest BCUT2D eigenvalue weighted by molar-refractivity contribution is 8.01. The van der Waals surface area contributed by atoms with E-state index in [1.165, 1.54) is 11.1 Å². The van der Waals surface area contributed by atoms with Gasteiger partial charge in [0.15, 0.2) is 0 Å². The lowest BCUT2D eigenvalue weighted by molar-refractivity contribution is 0.911. The van der Waals surface area contributed by atoms with Crippen LogP contribution in [0.1, 0.15) is 0 Å². The van der Waals surface area contributed by atoms with Gasteiger partial charge in [0, 0.05) is 11.8 Å². The Hall–Kier alpha value is -1.21. The SMILES string of the molecule is C=C(/C(=C\SC)C1C=CC=C1)C1C=CC=C1. The highest BCUT2D eigenvalue weighted by Crippen LogP contribution is 2.33. The molecular weight excluding hydrogens is 212 g/mol. The maximum absolute atomic E-state index is 4.25. The van der Waals surface area contributed by atoms with E-state index in [9.17, 15) is 0 Å². The van der Waals surface area contributed by atoms with Crippen molar-refractivity contribution in [1.82, 2.24) is 0 Å². The summed E-state index contributed by atoms with van der Waals surface area (Å²) in [5.41, 5.74) is 2.54. The van der Waals surface area contributed by atoms with Crippen LogP contribution < -0.4 is 0 Å². The molecule has 0 saturated heterocycles. The Morgan fingerprint density at radius 2 is 1.50 bits per heavy atom. The fraction of sp³-hybridized carbons (Fsp3) is 0.200. The lowest BCUT2D eigenvalue weighted by Gasteiger charge is -2.17. The number of rotatable bonds is 4. The molecule has 0 radical (unpaired) electrons. The lowest BCUT2D eigenvalue weighted by atomic mass is 9.88. The highest BCUT2D eigenvalue weighted by Gasteiger charge is 2.18. The standard InChI is InChI=1S/C15H16S/c1-12(13-7-3-4-8-13)15(11-16-2)14-9-5-6-10-14/h3-11,13-14H,1H2,2H3/b15-11+. The zero-order chi connectivity index (χ0) is 11.4. The summed E-state index contributed by atoms with van der Waals surface area (Å²) in [5.74, 6) is 0.781. The molecule has 0 saturated carbocycles. The highest BCUT2D eigenvalue weighted by atomic mass is 32.2. The molecule has 0 fully saturated rings. The Labute approximate surface area is 102 Å². The van der Waals surface area contributed by atoms with E-state index >= 15 is 0 Å². The van der Waals surface area contributed by atoms with E-state index in [0.717, 1.165) is 0 Å². The van der Waals surface area contributed by atoms with E-state index in [1.807, 2.05) is 0 Å². The van der Waals surface area contributed by atoms with Crippen LogP contribution in [0.2, 0.25) is 0 Å². The molecule has 0 aromatic carbocycles. The quantitative estimate of drug-likeness (QED) is 0.647. The van der Waals surface area contributed by atoms with Crippen molar-refractivity contribution in [3.05, 3.63) is 71.7 Å². The van der Waals surface area contributed by atoms with Crippen molar-refractivity contribution in [2.24, 2.45) is 11.8 Å². The first-order chi connectivity index (χ1) is 7.83. The van der Waals surface area contributed by atoms with E-state index in [2.05, 4.69) is 66.9 Å². The minimum Gasteiger partial charge on any atom is -0.137 e. The fourth-order valence-corrected chi connectivity index (χ4v) is 2.55. The van der Waals surface area contributed by atoms with Crippen LogP contribution in [0, 0.1) is 11.8 Å². The third-order valence-electron chi connectivity index (χ3n) is 2.87. The van der Waals surface area contributed by atoms with E-state index in [0.29, 0.717) is 11.8 Å². The summed E-state index contributed by atoms with van der Waals surface area (Å²) >= 11 is 1.74. The Kier molecular flexibility index (Phi) is 3.68. The van der Waals surface area contributed by atoms with Gasteiger partial charge in [-0.15, -0.1) is 11.8 Å². The Bertz CT molecular complexity index is 395. The molecule has 0 spiro atoms. The van der Waals surface area contributed by atoms with Gasteiger partial charge < -0.3 is 0 Å². The second-order valence-corrected chi connectivity index (χ2v) is 4.63. The number of allylic oxidation sites excluding steroid dienone is 10. The zero-order valence-electron chi connectivity index (χ0n) is 9.47. The maximum Gasteiger partial charge on any atom is 0.0212 e. The predicted molar refractivity (Wildman–Crippen MR) is 74.3 cm³/mol. The molecule has 0 unspecified atom stereocenters. The van der Waals surface area contributed by atoms with E-state index in [4.69, 9.17) is 0 Å². The summed E-state index contributed by atoms with van der Waals surface area (Å²) in [6, 6.07) is 0. The summed E-state index contributed by atoms with van der Waals surface area (Å²) in [5, 5.41) is 2.22. The van der Waals surface area contributed by atoms with Crippen LogP contribution in [0.3, 0.4) is 0 Å². The minimum absolute atomic E-state index is 0.376. The Morgan fingerprint density at radius 1 is 1.00 bits per heavy atom. The molecule has 2 aliphatic rings. The number of thioether (sulfide) groups is 1. The van der Waals surface area contributed by atoms with Crippen molar-refractivity contribution >= 4 is 11.8 Å². The van der Waals surface area contributed by atoms with Gasteiger partial charge in [0.2, 0.25) is 0 Å². The molecule has 0 aliphatic heterocycles. The molecule has 2 rings (SSSR count). The molecule has 16 heavy (non-hydrogen) atoms. The smallest absolute Gasteiger partial charge is 0.0212 e. The van der Waals surface area contributed by atoms with Crippen LogP contribution in [-0.4, -0.2) is 6.26 Å². The first-order valence-electron chi connectivity index (χ1n) is 5.45. The topological polar surface area (TPSA) is 0 Å². The van der Waals surface area contributed by atoms with Gasteiger partial charge in [-0.25, -0.2) is 0 Å². The van der Waals surface area contributed by atoms with E-state index in [1.54, 1.807) is 11.8 Å². The molecule has 0 aromatic rings. The second kappa shape index (κ2) is 5.22. The monoisotopic (exact) mass is 228 g/mol. The van der Waals surface area contributed by atoms with Gasteiger partial charge in [-0.2, -0.15) is 0 Å². The van der Waals surface area contributed by atoms with Crippen LogP contribution in [0.25, 0.3) is 0 Å². The normalized spacial score (nSPS) is 20.2. The van der Waals surface area contributed by atoms with Gasteiger partial charge in [-0.1, -0.05) is 55.2 Å². The summed E-state index contributed by atoms with van der Waals surface area (Å²) < 4.78 is 0. The molecule has 82 valence electrons. The lowest BCUT2D eigenvalue weighted by Crippen LogP contribution is -2.04. The average molecular weight is 228 g/mol. The molecule has 0 amide bonds. The summed E-state index contributed by atoms with van der Waals surface area (Å²) in [6.45, 7) is 4.25. The molecular formula is C15H16S. The van der Waals surface area contributed by atoms with Gasteiger partial charge >= 0.3 is 0 Å². The van der Waals surface area contributed by atoms with Crippen LogP contribution >= 0.6 is 11.8 Å². The van der Waals surface area contributed by atoms with Crippen molar-refractivity contribution < 1.29 is 0 Å². The molecule has 0 bridgehead atoms. The van der Waals surface area contributed by atoms with Crippen molar-refractivity contribution in [1.29, 1.82) is 0 Å². The van der Waals surface area contributed by atoms with E-state index in [-0.39, 0.29) is 0 Å². The van der Waals surface area contributed by atoms with Crippen LogP contribution in [-0.2, 0) is 0 Å². The van der Waals surface area contributed by atoms with Crippen molar-refractivity contribution in [3.8, 4) is 0 Å². The van der Waals surface area contributed by atoms with Gasteiger partial charge in [0.05, 0.1) is 0 Å². The molecule has 0 heterocycles. The molecule has 0 aromatic heterocycles. The third-order valence-corrected chi connectivity index (χ3v) is 3.36. The molecule has 2 aliphatic carbocycles. The van der Waals surface area contributed by atoms with Crippen LogP contribution in [0.4, 0.5) is 0 Å². The van der Waals surface area contributed by atoms with Crippen LogP contribution in [0.15, 0.2) is 71.7 Å². The Morgan fingerprint density at radius 3 is 2.00 bits per heavy atom. The minimum atomic E-state index is 0.376. The van der Waals surface area contributed by atoms with Gasteiger partial charge in [-0.3, -0.25) is 0 Å². The number of hydrogen-bond donors (Lipinski definition) is 0. The third kappa shape index (κ3) is 2.30. The van der Waals surface area contributed by atoms with E-state index < -0.39 is 0 Å². The van der Waals surface area contributed by atoms with Gasteiger partial charge in [0.25, 0.3) is 0 Å². The number of hydrogen-bond acceptors (Lipinski definition) is 1. The van der Waals surface area contributed by atoms with Crippen molar-refractivity contribution in [3.63, 3.8) is 0 Å². The van der Waals surface area contributed by atoms with Crippen molar-refractivity contribution in [2.75, 3.05) is 6.26 Å². The predicted octanol–water partition coefficient (Wildman–Crippen LogP) is 4.27. The second-order valence-electron chi connectivity index (χ2n) is 3.93. The van der Waals surface area contributed by atoms with Crippen LogP contribution in [0.5, 0.6) is 0 Å². The largest absolute Gasteiger partial charge is 0.137 e. The summed E-state index contributed by atoms with van der Waals surface area (Å²) in [6.07, 6.45) is 19.3. The van der Waals surface area contributed by atoms with Crippen molar-refractivity contribution in [2.45, 2.75) is 0 Å². The average Bonchev–Trinajstić information content (AvgIpc) is 2.96. The molecule has 0 nitrogen and oxygen atoms in total. The fourth-order valence-electron chi connectivity index (χ4n) is 1.99. The molecule has 0 N–H and O–H groups in total. The Balaban J connectivity index is 2.19. The maximum atomic E-state index is 4.25.